The molecule has 1 aromatic rings. The number of ketones is 1. The molecule has 0 radical (unpaired) electrons. The highest BCUT2D eigenvalue weighted by molar-refractivity contribution is 7.80. The molecule has 0 aromatic heterocycles. The lowest BCUT2D eigenvalue weighted by molar-refractivity contribution is 0.0790. The lowest BCUT2D eigenvalue weighted by Crippen LogP contribution is -2.11. The number of carbonyl (C=O) groups is 1. The number of aliphatic hydroxyl groups excluding tert-OH is 1. The van der Waals surface area contributed by atoms with Crippen LogP contribution in [-0.4, -0.2) is 30.5 Å². The Kier molecular flexibility index (Phi) is 4.21. The molecule has 1 aromatic carbocycles. The molecule has 0 saturated carbocycles. The summed E-state index contributed by atoms with van der Waals surface area (Å²) in [4.78, 5) is 12.2. The highest BCUT2D eigenvalue weighted by Gasteiger charge is 2.37. The fraction of sp³-hybridized carbons (Fsp3) is 0.500. The second-order valence-electron chi connectivity index (χ2n) is 5.34. The standard InChI is InChI=1S/C14H18O6S/c1-7-6-11-12(14(16)9(3)13(11)15)8(2)10(7)4-5-20-21(17,18)19/h6,9,13,15H,4-5H2,1-3H3,(H,17,18,19)/p-1/t9-,13+/m1/s1. The number of carbonyl (C=O) groups excluding carboxylic acids is 1. The van der Waals surface area contributed by atoms with Crippen LogP contribution in [0.4, 0.5) is 0 Å². The van der Waals surface area contributed by atoms with Gasteiger partial charge in [-0.3, -0.25) is 8.98 Å². The Balaban J connectivity index is 2.36. The number of aliphatic hydroxyl groups is 1. The monoisotopic (exact) mass is 313 g/mol. The molecule has 21 heavy (non-hydrogen) atoms. The molecule has 2 atom stereocenters. The summed E-state index contributed by atoms with van der Waals surface area (Å²) in [7, 11) is -4.72. The first kappa shape index (κ1) is 16.1. The van der Waals surface area contributed by atoms with Gasteiger partial charge >= 0.3 is 0 Å². The zero-order valence-electron chi connectivity index (χ0n) is 12.0. The Morgan fingerprint density at radius 2 is 2.00 bits per heavy atom. The SMILES string of the molecule is Cc1cc2c(c(C)c1CCOS(=O)(=O)[O-])C(=O)[C@H](C)[C@@H]2O. The predicted molar refractivity (Wildman–Crippen MR) is 73.7 cm³/mol. The Bertz CT molecular complexity index is 692. The lowest BCUT2D eigenvalue weighted by Gasteiger charge is -2.15. The van der Waals surface area contributed by atoms with E-state index >= 15 is 0 Å². The third-order valence-corrected chi connectivity index (χ3v) is 4.45. The maximum absolute atomic E-state index is 12.2. The number of Topliss-reactive ketones (excluding diaryl/α,β-unsaturated/α-hetero) is 1. The Labute approximate surface area is 123 Å². The first-order chi connectivity index (χ1) is 9.63. The molecule has 116 valence electrons. The van der Waals surface area contributed by atoms with Crippen LogP contribution in [0.5, 0.6) is 0 Å². The number of hydrogen-bond acceptors (Lipinski definition) is 6. The third kappa shape index (κ3) is 3.01. The molecule has 1 aliphatic carbocycles. The van der Waals surface area contributed by atoms with Gasteiger partial charge < -0.3 is 9.66 Å². The van der Waals surface area contributed by atoms with Gasteiger partial charge in [0.2, 0.25) is 10.4 Å². The van der Waals surface area contributed by atoms with Gasteiger partial charge in [0.15, 0.2) is 5.78 Å². The van der Waals surface area contributed by atoms with E-state index in [1.54, 1.807) is 19.9 Å². The molecule has 1 aliphatic rings. The average Bonchev–Trinajstić information content (AvgIpc) is 2.57. The van der Waals surface area contributed by atoms with Crippen molar-refractivity contribution in [1.82, 2.24) is 0 Å². The average molecular weight is 313 g/mol. The third-order valence-electron chi connectivity index (χ3n) is 4.00. The van der Waals surface area contributed by atoms with Crippen molar-refractivity contribution < 1.29 is 27.1 Å². The van der Waals surface area contributed by atoms with Crippen LogP contribution in [0.15, 0.2) is 6.07 Å². The van der Waals surface area contributed by atoms with Gasteiger partial charge in [-0.15, -0.1) is 0 Å². The second-order valence-corrected chi connectivity index (χ2v) is 6.39. The molecule has 0 heterocycles. The van der Waals surface area contributed by atoms with Crippen molar-refractivity contribution >= 4 is 16.2 Å². The number of hydrogen-bond donors (Lipinski definition) is 1. The minimum absolute atomic E-state index is 0.117. The molecule has 2 rings (SSSR count). The van der Waals surface area contributed by atoms with Gasteiger partial charge in [-0.2, -0.15) is 0 Å². The molecule has 0 spiro atoms. The minimum Gasteiger partial charge on any atom is -0.726 e. The highest BCUT2D eigenvalue weighted by Crippen LogP contribution is 2.39. The van der Waals surface area contributed by atoms with Crippen molar-refractivity contribution in [1.29, 1.82) is 0 Å². The molecule has 1 N–H and O–H groups in total. The van der Waals surface area contributed by atoms with E-state index < -0.39 is 22.4 Å². The summed E-state index contributed by atoms with van der Waals surface area (Å²) >= 11 is 0. The maximum Gasteiger partial charge on any atom is 0.217 e. The van der Waals surface area contributed by atoms with E-state index in [4.69, 9.17) is 0 Å². The van der Waals surface area contributed by atoms with Gasteiger partial charge in [0.1, 0.15) is 0 Å². The zero-order chi connectivity index (χ0) is 15.9. The van der Waals surface area contributed by atoms with Gasteiger partial charge in [0.05, 0.1) is 12.7 Å². The van der Waals surface area contributed by atoms with E-state index in [0.717, 1.165) is 11.1 Å². The van der Waals surface area contributed by atoms with E-state index in [1.165, 1.54) is 0 Å². The van der Waals surface area contributed by atoms with Crippen LogP contribution in [-0.2, 0) is 21.0 Å². The smallest absolute Gasteiger partial charge is 0.217 e. The van der Waals surface area contributed by atoms with E-state index in [0.29, 0.717) is 16.7 Å². The summed E-state index contributed by atoms with van der Waals surface area (Å²) in [5.74, 6) is -0.597. The van der Waals surface area contributed by atoms with Crippen LogP contribution in [0.2, 0.25) is 0 Å². The molecule has 0 amide bonds. The maximum atomic E-state index is 12.2. The Hall–Kier alpha value is -1.28. The molecule has 7 heteroatoms. The number of fused-ring (bicyclic) bond motifs is 1. The van der Waals surface area contributed by atoms with Crippen molar-refractivity contribution in [2.75, 3.05) is 6.61 Å². The second kappa shape index (κ2) is 5.49. The van der Waals surface area contributed by atoms with Crippen LogP contribution in [0.25, 0.3) is 0 Å². The van der Waals surface area contributed by atoms with E-state index in [9.17, 15) is 22.9 Å². The molecule has 0 saturated heterocycles. The largest absolute Gasteiger partial charge is 0.726 e. The summed E-state index contributed by atoms with van der Waals surface area (Å²) in [6.07, 6.45) is -0.596. The van der Waals surface area contributed by atoms with Crippen molar-refractivity contribution in [2.24, 2.45) is 5.92 Å². The molecule has 0 aliphatic heterocycles. The molecule has 0 unspecified atom stereocenters. The van der Waals surface area contributed by atoms with Gasteiger partial charge in [0, 0.05) is 11.5 Å². The van der Waals surface area contributed by atoms with Gasteiger partial charge in [-0.25, -0.2) is 8.42 Å². The highest BCUT2D eigenvalue weighted by atomic mass is 32.3. The molecule has 6 nitrogen and oxygen atoms in total. The topological polar surface area (TPSA) is 104 Å². The molecular formula is C14H17O6S-. The fourth-order valence-electron chi connectivity index (χ4n) is 2.89. The zero-order valence-corrected chi connectivity index (χ0v) is 12.9. The van der Waals surface area contributed by atoms with Crippen molar-refractivity contribution in [3.8, 4) is 0 Å². The molecule has 0 bridgehead atoms. The van der Waals surface area contributed by atoms with Crippen molar-refractivity contribution in [3.05, 3.63) is 33.9 Å². The van der Waals surface area contributed by atoms with Crippen LogP contribution in [0.3, 0.4) is 0 Å². The fourth-order valence-corrected chi connectivity index (χ4v) is 3.17. The van der Waals surface area contributed by atoms with Crippen LogP contribution in [0.1, 0.15) is 45.6 Å². The van der Waals surface area contributed by atoms with E-state index in [2.05, 4.69) is 4.18 Å². The lowest BCUT2D eigenvalue weighted by atomic mass is 9.92. The molecule has 0 fully saturated rings. The Morgan fingerprint density at radius 3 is 2.57 bits per heavy atom. The predicted octanol–water partition coefficient (Wildman–Crippen LogP) is 1.19. The quantitative estimate of drug-likeness (QED) is 0.661. The van der Waals surface area contributed by atoms with Crippen LogP contribution < -0.4 is 0 Å². The van der Waals surface area contributed by atoms with Gasteiger partial charge in [0.25, 0.3) is 0 Å². The Morgan fingerprint density at radius 1 is 1.38 bits per heavy atom. The first-order valence-corrected chi connectivity index (χ1v) is 7.92. The van der Waals surface area contributed by atoms with Gasteiger partial charge in [-0.1, -0.05) is 13.0 Å². The number of aryl methyl sites for hydroxylation is 1. The molecular weight excluding hydrogens is 296 g/mol. The van der Waals surface area contributed by atoms with Crippen molar-refractivity contribution in [3.63, 3.8) is 0 Å². The summed E-state index contributed by atoms with van der Waals surface area (Å²) in [6, 6.07) is 1.75. The summed E-state index contributed by atoms with van der Waals surface area (Å²) < 4.78 is 35.6. The first-order valence-electron chi connectivity index (χ1n) is 6.59. The number of benzene rings is 1. The summed E-state index contributed by atoms with van der Waals surface area (Å²) in [6.45, 7) is 4.98. The van der Waals surface area contributed by atoms with E-state index in [1.807, 2.05) is 6.92 Å². The number of rotatable bonds is 4. The summed E-state index contributed by atoms with van der Waals surface area (Å²) in [5.41, 5.74) is 3.43. The minimum atomic E-state index is -4.72. The van der Waals surface area contributed by atoms with E-state index in [-0.39, 0.29) is 18.8 Å². The normalized spacial score (nSPS) is 21.7. The van der Waals surface area contributed by atoms with Crippen LogP contribution in [0, 0.1) is 19.8 Å². The van der Waals surface area contributed by atoms with Gasteiger partial charge in [-0.05, 0) is 42.5 Å². The van der Waals surface area contributed by atoms with Crippen LogP contribution >= 0.6 is 0 Å². The van der Waals surface area contributed by atoms with Crippen molar-refractivity contribution in [2.45, 2.75) is 33.3 Å². The summed E-state index contributed by atoms with van der Waals surface area (Å²) in [5, 5.41) is 10.1.